The lowest BCUT2D eigenvalue weighted by molar-refractivity contribution is 0.640. The quantitative estimate of drug-likeness (QED) is 0.483. The Morgan fingerprint density at radius 2 is 2.56 bits per heavy atom. The summed E-state index contributed by atoms with van der Waals surface area (Å²) in [7, 11) is 0. The summed E-state index contributed by atoms with van der Waals surface area (Å²) < 4.78 is 12.2. The lowest BCUT2D eigenvalue weighted by atomic mass is 10.0. The highest BCUT2D eigenvalue weighted by molar-refractivity contribution is 5.20. The van der Waals surface area contributed by atoms with Crippen LogP contribution in [0.15, 0.2) is 24.1 Å². The van der Waals surface area contributed by atoms with E-state index in [1.807, 2.05) is 6.07 Å². The van der Waals surface area contributed by atoms with Crippen molar-refractivity contribution in [2.24, 2.45) is 5.92 Å². The van der Waals surface area contributed by atoms with Gasteiger partial charge in [0, 0.05) is 0 Å². The van der Waals surface area contributed by atoms with Crippen molar-refractivity contribution in [3.8, 4) is 6.07 Å². The number of halogens is 1. The number of hydrogen-bond acceptors (Lipinski definition) is 1. The van der Waals surface area contributed by atoms with Crippen molar-refractivity contribution >= 4 is 0 Å². The third kappa shape index (κ3) is 1.39. The van der Waals surface area contributed by atoms with Crippen LogP contribution in [0, 0.1) is 17.2 Å². The van der Waals surface area contributed by atoms with Crippen LogP contribution in [0.3, 0.4) is 0 Å². The van der Waals surface area contributed by atoms with Gasteiger partial charge in [0.2, 0.25) is 0 Å². The van der Waals surface area contributed by atoms with Crippen molar-refractivity contribution in [2.45, 2.75) is 6.42 Å². The predicted octanol–water partition coefficient (Wildman–Crippen LogP) is 1.94. The molecule has 1 nitrogen and oxygen atoms in total. The average molecular weight is 123 g/mol. The first-order chi connectivity index (χ1) is 4.33. The number of allylic oxidation sites excluding steroid dienone is 4. The van der Waals surface area contributed by atoms with Crippen LogP contribution in [-0.2, 0) is 0 Å². The molecule has 0 bridgehead atoms. The molecule has 0 N–H and O–H groups in total. The van der Waals surface area contributed by atoms with E-state index in [1.165, 1.54) is 12.2 Å². The SMILES string of the molecule is N#CC1C=CC(F)=CC1. The van der Waals surface area contributed by atoms with Gasteiger partial charge in [-0.1, -0.05) is 6.08 Å². The maximum absolute atomic E-state index is 12.2. The molecule has 0 amide bonds. The van der Waals surface area contributed by atoms with Gasteiger partial charge in [0.15, 0.2) is 0 Å². The van der Waals surface area contributed by atoms with Crippen LogP contribution in [0.25, 0.3) is 0 Å². The van der Waals surface area contributed by atoms with E-state index in [2.05, 4.69) is 0 Å². The third-order valence-electron chi connectivity index (χ3n) is 1.22. The molecule has 0 saturated heterocycles. The van der Waals surface area contributed by atoms with Crippen molar-refractivity contribution in [1.82, 2.24) is 0 Å². The van der Waals surface area contributed by atoms with Crippen LogP contribution in [0.4, 0.5) is 4.39 Å². The molecule has 1 unspecified atom stereocenters. The van der Waals surface area contributed by atoms with Gasteiger partial charge < -0.3 is 0 Å². The molecule has 9 heavy (non-hydrogen) atoms. The minimum absolute atomic E-state index is 0.121. The molecule has 0 aromatic rings. The van der Waals surface area contributed by atoms with E-state index < -0.39 is 0 Å². The highest BCUT2D eigenvalue weighted by atomic mass is 19.1. The Bertz CT molecular complexity index is 197. The van der Waals surface area contributed by atoms with Crippen molar-refractivity contribution in [3.63, 3.8) is 0 Å². The van der Waals surface area contributed by atoms with E-state index in [9.17, 15) is 4.39 Å². The zero-order valence-electron chi connectivity index (χ0n) is 4.84. The molecule has 46 valence electrons. The van der Waals surface area contributed by atoms with Crippen molar-refractivity contribution in [3.05, 3.63) is 24.1 Å². The molecule has 0 fully saturated rings. The molecule has 0 aromatic carbocycles. The summed E-state index contributed by atoms with van der Waals surface area (Å²) in [5, 5.41) is 8.32. The second-order valence-corrected chi connectivity index (χ2v) is 1.92. The summed E-state index contributed by atoms with van der Waals surface area (Å²) in [6.07, 6.45) is 4.85. The number of rotatable bonds is 0. The standard InChI is InChI=1S/C7H6FN/c8-7-3-1-6(5-9)2-4-7/h1,3-4,6H,2H2. The van der Waals surface area contributed by atoms with Crippen LogP contribution in [0.2, 0.25) is 0 Å². The number of nitrogens with zero attached hydrogens (tertiary/aromatic N) is 1. The molecule has 0 spiro atoms. The Kier molecular flexibility index (Phi) is 1.64. The second-order valence-electron chi connectivity index (χ2n) is 1.92. The summed E-state index contributed by atoms with van der Waals surface area (Å²) in [4.78, 5) is 0. The average Bonchev–Trinajstić information content (AvgIpc) is 1.90. The van der Waals surface area contributed by atoms with Gasteiger partial charge in [-0.25, -0.2) is 4.39 Å². The van der Waals surface area contributed by atoms with E-state index in [0.29, 0.717) is 6.42 Å². The summed E-state index contributed by atoms with van der Waals surface area (Å²) in [6, 6.07) is 2.03. The Labute approximate surface area is 53.1 Å². The Morgan fingerprint density at radius 1 is 1.78 bits per heavy atom. The molecular weight excluding hydrogens is 117 g/mol. The van der Waals surface area contributed by atoms with E-state index in [-0.39, 0.29) is 11.7 Å². The van der Waals surface area contributed by atoms with Crippen LogP contribution in [0.5, 0.6) is 0 Å². The fourth-order valence-corrected chi connectivity index (χ4v) is 0.690. The molecule has 1 aliphatic rings. The summed E-state index contributed by atoms with van der Waals surface area (Å²) in [6.45, 7) is 0. The van der Waals surface area contributed by atoms with Crippen LogP contribution in [-0.4, -0.2) is 0 Å². The molecule has 0 radical (unpaired) electrons. The normalized spacial score (nSPS) is 24.9. The maximum Gasteiger partial charge on any atom is 0.119 e. The fraction of sp³-hybridized carbons (Fsp3) is 0.286. The smallest absolute Gasteiger partial charge is 0.119 e. The molecule has 2 heteroatoms. The lowest BCUT2D eigenvalue weighted by Crippen LogP contribution is -1.93. The van der Waals surface area contributed by atoms with Crippen LogP contribution < -0.4 is 0 Å². The molecule has 1 aliphatic carbocycles. The summed E-state index contributed by atoms with van der Waals surface area (Å²) in [5.41, 5.74) is 0. The van der Waals surface area contributed by atoms with Gasteiger partial charge in [-0.2, -0.15) is 5.26 Å². The molecule has 0 heterocycles. The van der Waals surface area contributed by atoms with E-state index in [0.717, 1.165) is 0 Å². The molecule has 0 saturated carbocycles. The van der Waals surface area contributed by atoms with Crippen LogP contribution in [0.1, 0.15) is 6.42 Å². The molecular formula is C7H6FN. The monoisotopic (exact) mass is 123 g/mol. The zero-order chi connectivity index (χ0) is 6.69. The third-order valence-corrected chi connectivity index (χ3v) is 1.22. The summed E-state index contributed by atoms with van der Waals surface area (Å²) >= 11 is 0. The topological polar surface area (TPSA) is 23.8 Å². The van der Waals surface area contributed by atoms with Gasteiger partial charge in [0.25, 0.3) is 0 Å². The highest BCUT2D eigenvalue weighted by Gasteiger charge is 2.05. The van der Waals surface area contributed by atoms with Gasteiger partial charge in [-0.3, -0.25) is 0 Å². The van der Waals surface area contributed by atoms with Gasteiger partial charge >= 0.3 is 0 Å². The molecule has 1 rings (SSSR count). The van der Waals surface area contributed by atoms with Crippen molar-refractivity contribution < 1.29 is 4.39 Å². The Morgan fingerprint density at radius 3 is 3.00 bits per heavy atom. The molecule has 0 aliphatic heterocycles. The first-order valence-electron chi connectivity index (χ1n) is 2.76. The Hall–Kier alpha value is -1.10. The lowest BCUT2D eigenvalue weighted by Gasteiger charge is -2.02. The van der Waals surface area contributed by atoms with Gasteiger partial charge in [-0.15, -0.1) is 0 Å². The van der Waals surface area contributed by atoms with E-state index in [4.69, 9.17) is 5.26 Å². The van der Waals surface area contributed by atoms with Gasteiger partial charge in [0.1, 0.15) is 5.83 Å². The fourth-order valence-electron chi connectivity index (χ4n) is 0.690. The van der Waals surface area contributed by atoms with E-state index >= 15 is 0 Å². The largest absolute Gasteiger partial charge is 0.207 e. The van der Waals surface area contributed by atoms with Crippen LogP contribution >= 0.6 is 0 Å². The molecule has 0 aromatic heterocycles. The zero-order valence-corrected chi connectivity index (χ0v) is 4.84. The highest BCUT2D eigenvalue weighted by Crippen LogP contribution is 2.15. The van der Waals surface area contributed by atoms with Gasteiger partial charge in [0.05, 0.1) is 12.0 Å². The first-order valence-corrected chi connectivity index (χ1v) is 2.76. The maximum atomic E-state index is 12.2. The van der Waals surface area contributed by atoms with Crippen molar-refractivity contribution in [2.75, 3.05) is 0 Å². The Balaban J connectivity index is 2.61. The van der Waals surface area contributed by atoms with Crippen molar-refractivity contribution in [1.29, 1.82) is 5.26 Å². The minimum atomic E-state index is -0.235. The van der Waals surface area contributed by atoms with E-state index in [1.54, 1.807) is 6.08 Å². The first kappa shape index (κ1) is 6.03. The number of hydrogen-bond donors (Lipinski definition) is 0. The number of nitriles is 1. The second kappa shape index (κ2) is 2.45. The summed E-state index contributed by atoms with van der Waals surface area (Å²) in [5.74, 6) is -0.356. The van der Waals surface area contributed by atoms with Gasteiger partial charge in [-0.05, 0) is 18.6 Å². The molecule has 1 atom stereocenters. The minimum Gasteiger partial charge on any atom is -0.207 e. The predicted molar refractivity (Wildman–Crippen MR) is 32.1 cm³/mol.